The number of nitrogens with zero attached hydrogens (tertiary/aromatic N) is 1. The van der Waals surface area contributed by atoms with Gasteiger partial charge >= 0.3 is 0 Å². The van der Waals surface area contributed by atoms with Gasteiger partial charge in [-0.05, 0) is 48.0 Å². The van der Waals surface area contributed by atoms with Crippen LogP contribution in [0.2, 0.25) is 0 Å². The third kappa shape index (κ3) is 4.85. The van der Waals surface area contributed by atoms with Gasteiger partial charge < -0.3 is 0 Å². The lowest BCUT2D eigenvalue weighted by Gasteiger charge is -2.21. The van der Waals surface area contributed by atoms with Gasteiger partial charge in [0.25, 0.3) is 0 Å². The van der Waals surface area contributed by atoms with Crippen molar-refractivity contribution < 1.29 is 0 Å². The van der Waals surface area contributed by atoms with Crippen molar-refractivity contribution in [3.8, 4) is 0 Å². The standard InChI is InChI=1S/C17H25NS2/c1-3-19-17(20-4-2)18-16-12-10-15(11-13-16)14-8-6-5-7-9-14/h10-14H,3-9H2,1-2H3. The Balaban J connectivity index is 2.04. The Morgan fingerprint density at radius 2 is 1.60 bits per heavy atom. The molecule has 0 unspecified atom stereocenters. The van der Waals surface area contributed by atoms with E-state index in [-0.39, 0.29) is 0 Å². The molecule has 0 spiro atoms. The zero-order valence-electron chi connectivity index (χ0n) is 12.6. The van der Waals surface area contributed by atoms with Crippen molar-refractivity contribution in [1.82, 2.24) is 0 Å². The largest absolute Gasteiger partial charge is 0.235 e. The monoisotopic (exact) mass is 307 g/mol. The number of rotatable bonds is 4. The van der Waals surface area contributed by atoms with Crippen LogP contribution in [0.15, 0.2) is 29.3 Å². The van der Waals surface area contributed by atoms with Gasteiger partial charge in [-0.3, -0.25) is 0 Å². The normalized spacial score (nSPS) is 16.1. The van der Waals surface area contributed by atoms with E-state index in [4.69, 9.17) is 4.99 Å². The zero-order valence-corrected chi connectivity index (χ0v) is 14.2. The first-order valence-electron chi connectivity index (χ1n) is 7.77. The van der Waals surface area contributed by atoms with Crippen LogP contribution in [0.25, 0.3) is 0 Å². The fourth-order valence-corrected chi connectivity index (χ4v) is 4.59. The minimum Gasteiger partial charge on any atom is -0.235 e. The lowest BCUT2D eigenvalue weighted by Crippen LogP contribution is -2.03. The van der Waals surface area contributed by atoms with Gasteiger partial charge in [-0.15, -0.1) is 0 Å². The van der Waals surface area contributed by atoms with E-state index in [1.807, 2.05) is 23.5 Å². The number of hydrogen-bond acceptors (Lipinski definition) is 3. The predicted octanol–water partition coefficient (Wildman–Crippen LogP) is 6.23. The van der Waals surface area contributed by atoms with Crippen molar-refractivity contribution in [2.24, 2.45) is 4.99 Å². The third-order valence-corrected chi connectivity index (χ3v) is 5.69. The molecule has 0 atom stereocenters. The number of benzene rings is 1. The molecule has 0 aromatic heterocycles. The molecule has 2 rings (SSSR count). The molecule has 0 N–H and O–H groups in total. The number of aliphatic imine (C=N–C) groups is 1. The summed E-state index contributed by atoms with van der Waals surface area (Å²) in [7, 11) is 0. The fraction of sp³-hybridized carbons (Fsp3) is 0.588. The first-order chi connectivity index (χ1) is 9.83. The van der Waals surface area contributed by atoms with Crippen LogP contribution in [-0.4, -0.2) is 15.9 Å². The van der Waals surface area contributed by atoms with Crippen LogP contribution < -0.4 is 0 Å². The first-order valence-corrected chi connectivity index (χ1v) is 9.74. The maximum Gasteiger partial charge on any atom is 0.130 e. The molecule has 0 radical (unpaired) electrons. The van der Waals surface area contributed by atoms with E-state index in [0.29, 0.717) is 0 Å². The van der Waals surface area contributed by atoms with Crippen molar-refractivity contribution in [3.63, 3.8) is 0 Å². The van der Waals surface area contributed by atoms with Crippen molar-refractivity contribution in [3.05, 3.63) is 29.8 Å². The van der Waals surface area contributed by atoms with Crippen molar-refractivity contribution in [2.45, 2.75) is 51.9 Å². The van der Waals surface area contributed by atoms with Gasteiger partial charge in [0.05, 0.1) is 5.69 Å². The average Bonchev–Trinajstić information content (AvgIpc) is 2.49. The van der Waals surface area contributed by atoms with Gasteiger partial charge in [0, 0.05) is 0 Å². The van der Waals surface area contributed by atoms with E-state index < -0.39 is 0 Å². The van der Waals surface area contributed by atoms with E-state index in [0.717, 1.165) is 23.1 Å². The Bertz CT molecular complexity index is 411. The van der Waals surface area contributed by atoms with Crippen LogP contribution in [0, 0.1) is 0 Å². The van der Waals surface area contributed by atoms with Gasteiger partial charge in [-0.25, -0.2) is 4.99 Å². The Morgan fingerprint density at radius 1 is 1.00 bits per heavy atom. The van der Waals surface area contributed by atoms with Crippen LogP contribution in [-0.2, 0) is 0 Å². The summed E-state index contributed by atoms with van der Waals surface area (Å²) in [6.45, 7) is 4.37. The van der Waals surface area contributed by atoms with Gasteiger partial charge in [0.15, 0.2) is 0 Å². The topological polar surface area (TPSA) is 12.4 Å². The molecule has 0 amide bonds. The Kier molecular flexibility index (Phi) is 7.01. The van der Waals surface area contributed by atoms with Crippen LogP contribution in [0.1, 0.15) is 57.4 Å². The lowest BCUT2D eigenvalue weighted by atomic mass is 9.84. The summed E-state index contributed by atoms with van der Waals surface area (Å²) in [5.74, 6) is 2.97. The van der Waals surface area contributed by atoms with Crippen molar-refractivity contribution in [2.75, 3.05) is 11.5 Å². The maximum atomic E-state index is 4.77. The summed E-state index contributed by atoms with van der Waals surface area (Å²) in [5, 5.41) is 0. The lowest BCUT2D eigenvalue weighted by molar-refractivity contribution is 0.443. The van der Waals surface area contributed by atoms with E-state index in [9.17, 15) is 0 Å². The molecule has 110 valence electrons. The molecular weight excluding hydrogens is 282 g/mol. The summed E-state index contributed by atoms with van der Waals surface area (Å²) < 4.78 is 1.19. The molecule has 3 heteroatoms. The molecule has 1 fully saturated rings. The smallest absolute Gasteiger partial charge is 0.130 e. The SMILES string of the molecule is CCSC(=Nc1ccc(C2CCCCC2)cc1)SCC. The highest BCUT2D eigenvalue weighted by Crippen LogP contribution is 2.33. The molecule has 1 aromatic rings. The fourth-order valence-electron chi connectivity index (χ4n) is 2.72. The highest BCUT2D eigenvalue weighted by Gasteiger charge is 2.15. The molecule has 0 saturated heterocycles. The second kappa shape index (κ2) is 8.78. The Hall–Kier alpha value is -0.410. The zero-order chi connectivity index (χ0) is 14.2. The van der Waals surface area contributed by atoms with Crippen LogP contribution in [0.5, 0.6) is 0 Å². The summed E-state index contributed by atoms with van der Waals surface area (Å²) >= 11 is 3.68. The molecule has 1 aliphatic carbocycles. The molecule has 1 saturated carbocycles. The minimum atomic E-state index is 0.788. The van der Waals surface area contributed by atoms with E-state index in [2.05, 4.69) is 38.1 Å². The van der Waals surface area contributed by atoms with Crippen molar-refractivity contribution >= 4 is 33.6 Å². The first kappa shape index (κ1) is 16.0. The highest BCUT2D eigenvalue weighted by molar-refractivity contribution is 8.38. The molecule has 1 aromatic carbocycles. The summed E-state index contributed by atoms with van der Waals surface area (Å²) in [6.07, 6.45) is 6.95. The maximum absolute atomic E-state index is 4.77. The molecule has 20 heavy (non-hydrogen) atoms. The third-order valence-electron chi connectivity index (χ3n) is 3.73. The molecule has 1 aliphatic rings. The number of thioether (sulfide) groups is 2. The second-order valence-corrected chi connectivity index (χ2v) is 7.93. The van der Waals surface area contributed by atoms with Gasteiger partial charge in [0.2, 0.25) is 0 Å². The van der Waals surface area contributed by atoms with Crippen LogP contribution in [0.4, 0.5) is 5.69 Å². The van der Waals surface area contributed by atoms with Gasteiger partial charge in [0.1, 0.15) is 4.38 Å². The van der Waals surface area contributed by atoms with E-state index in [1.165, 1.54) is 42.0 Å². The van der Waals surface area contributed by atoms with Crippen molar-refractivity contribution in [1.29, 1.82) is 0 Å². The average molecular weight is 308 g/mol. The summed E-state index contributed by atoms with van der Waals surface area (Å²) in [4.78, 5) is 4.77. The van der Waals surface area contributed by atoms with E-state index >= 15 is 0 Å². The minimum absolute atomic E-state index is 0.788. The number of hydrogen-bond donors (Lipinski definition) is 0. The molecular formula is C17H25NS2. The Labute approximate surface area is 132 Å². The molecule has 0 aliphatic heterocycles. The van der Waals surface area contributed by atoms with E-state index in [1.54, 1.807) is 0 Å². The predicted molar refractivity (Wildman–Crippen MR) is 95.6 cm³/mol. The quantitative estimate of drug-likeness (QED) is 0.483. The molecule has 0 bridgehead atoms. The van der Waals surface area contributed by atoms with Gasteiger partial charge in [-0.2, -0.15) is 0 Å². The molecule has 0 heterocycles. The van der Waals surface area contributed by atoms with Crippen LogP contribution in [0.3, 0.4) is 0 Å². The highest BCUT2D eigenvalue weighted by atomic mass is 32.2. The van der Waals surface area contributed by atoms with Crippen LogP contribution >= 0.6 is 23.5 Å². The second-order valence-electron chi connectivity index (χ2n) is 5.17. The summed E-state index contributed by atoms with van der Waals surface area (Å²) in [5.41, 5.74) is 2.61. The van der Waals surface area contributed by atoms with Gasteiger partial charge in [-0.1, -0.05) is 68.8 Å². The summed E-state index contributed by atoms with van der Waals surface area (Å²) in [6, 6.07) is 8.96. The molecule has 1 nitrogen and oxygen atoms in total. The Morgan fingerprint density at radius 3 is 2.15 bits per heavy atom.